The van der Waals surface area contributed by atoms with Crippen LogP contribution in [0.3, 0.4) is 0 Å². The second-order valence-electron chi connectivity index (χ2n) is 8.38. The summed E-state index contributed by atoms with van der Waals surface area (Å²) in [4.78, 5) is 26.8. The first kappa shape index (κ1) is 20.3. The highest BCUT2D eigenvalue weighted by atomic mass is 79.9. The summed E-state index contributed by atoms with van der Waals surface area (Å²) in [6.45, 7) is 7.92. The lowest BCUT2D eigenvalue weighted by atomic mass is 9.84. The lowest BCUT2D eigenvalue weighted by Crippen LogP contribution is -2.40. The number of hydrogen-bond donors (Lipinski definition) is 1. The highest BCUT2D eigenvalue weighted by Crippen LogP contribution is 2.32. The van der Waals surface area contributed by atoms with Gasteiger partial charge in [0.25, 0.3) is 11.8 Å². The van der Waals surface area contributed by atoms with Gasteiger partial charge in [0.05, 0.1) is 0 Å². The molecule has 3 heterocycles. The molecule has 3 amide bonds. The molecular weight excluding hydrogens is 452 g/mol. The summed E-state index contributed by atoms with van der Waals surface area (Å²) in [6, 6.07) is 10.6. The van der Waals surface area contributed by atoms with E-state index in [1.54, 1.807) is 19.1 Å². The van der Waals surface area contributed by atoms with Crippen molar-refractivity contribution in [3.63, 3.8) is 0 Å². The quantitative estimate of drug-likeness (QED) is 0.566. The van der Waals surface area contributed by atoms with E-state index in [-0.39, 0.29) is 29.6 Å². The second-order valence-corrected chi connectivity index (χ2v) is 9.16. The van der Waals surface area contributed by atoms with Gasteiger partial charge in [0.1, 0.15) is 12.1 Å². The van der Waals surface area contributed by atoms with Gasteiger partial charge in [-0.05, 0) is 51.5 Å². The summed E-state index contributed by atoms with van der Waals surface area (Å²) < 4.78 is 11.5. The topological polar surface area (TPSA) is 101 Å². The van der Waals surface area contributed by atoms with Crippen molar-refractivity contribution in [2.75, 3.05) is 0 Å². The van der Waals surface area contributed by atoms with Crippen LogP contribution in [0.1, 0.15) is 44.7 Å². The molecule has 0 saturated carbocycles. The minimum Gasteiger partial charge on any atom is -0.444 e. The zero-order valence-corrected chi connectivity index (χ0v) is 18.6. The van der Waals surface area contributed by atoms with Gasteiger partial charge in [-0.25, -0.2) is 4.79 Å². The number of nitrogens with zero attached hydrogens (tertiary/aromatic N) is 3. The Morgan fingerprint density at radius 2 is 1.77 bits per heavy atom. The minimum absolute atomic E-state index is 0.00630. The number of rotatable bonds is 4. The number of furan rings is 1. The number of amides is 3. The Morgan fingerprint density at radius 3 is 2.37 bits per heavy atom. The number of benzene rings is 1. The highest BCUT2D eigenvalue weighted by Gasteiger charge is 2.49. The SMILES string of the molecule is CC(C)(C)c1ccc(C2(C)NC(=O)N(Cc3nnc(-c4ccc(Br)o4)o3)C2=O)cc1. The van der Waals surface area contributed by atoms with Crippen LogP contribution >= 0.6 is 15.9 Å². The van der Waals surface area contributed by atoms with Crippen molar-refractivity contribution in [2.45, 2.75) is 45.2 Å². The summed E-state index contributed by atoms with van der Waals surface area (Å²) in [5.74, 6) is 0.315. The monoisotopic (exact) mass is 472 g/mol. The van der Waals surface area contributed by atoms with Crippen LogP contribution in [0.5, 0.6) is 0 Å². The van der Waals surface area contributed by atoms with Crippen molar-refractivity contribution >= 4 is 27.9 Å². The van der Waals surface area contributed by atoms with E-state index in [1.165, 1.54) is 0 Å². The van der Waals surface area contributed by atoms with Gasteiger partial charge in [-0.1, -0.05) is 45.0 Å². The number of hydrogen-bond acceptors (Lipinski definition) is 6. The molecule has 1 aromatic carbocycles. The Hall–Kier alpha value is -2.94. The maximum absolute atomic E-state index is 13.1. The van der Waals surface area contributed by atoms with Crippen LogP contribution in [-0.4, -0.2) is 27.0 Å². The maximum Gasteiger partial charge on any atom is 0.325 e. The van der Waals surface area contributed by atoms with E-state index >= 15 is 0 Å². The molecule has 2 aromatic heterocycles. The van der Waals surface area contributed by atoms with Crippen molar-refractivity contribution in [1.82, 2.24) is 20.4 Å². The molecule has 1 saturated heterocycles. The smallest absolute Gasteiger partial charge is 0.325 e. The number of imide groups is 1. The van der Waals surface area contributed by atoms with E-state index < -0.39 is 11.6 Å². The summed E-state index contributed by atoms with van der Waals surface area (Å²) in [7, 11) is 0. The molecule has 1 fully saturated rings. The predicted octanol–water partition coefficient (Wildman–Crippen LogP) is 4.36. The fourth-order valence-corrected chi connectivity index (χ4v) is 3.63. The second kappa shape index (κ2) is 7.09. The molecular formula is C21H21BrN4O4. The first-order valence-corrected chi connectivity index (χ1v) is 10.2. The predicted molar refractivity (Wildman–Crippen MR) is 111 cm³/mol. The number of halogens is 1. The van der Waals surface area contributed by atoms with Crippen LogP contribution in [0, 0.1) is 0 Å². The molecule has 1 aliphatic heterocycles. The molecule has 9 heteroatoms. The zero-order chi connectivity index (χ0) is 21.7. The number of urea groups is 1. The Bertz CT molecular complexity index is 1110. The van der Waals surface area contributed by atoms with Gasteiger partial charge in [-0.3, -0.25) is 9.69 Å². The van der Waals surface area contributed by atoms with Crippen LogP contribution in [0.15, 0.2) is 49.9 Å². The fraction of sp³-hybridized carbons (Fsp3) is 0.333. The van der Waals surface area contributed by atoms with E-state index in [4.69, 9.17) is 8.83 Å². The molecule has 0 aliphatic carbocycles. The molecule has 0 spiro atoms. The van der Waals surface area contributed by atoms with Crippen LogP contribution in [-0.2, 0) is 22.3 Å². The number of carbonyl (C=O) groups excluding carboxylic acids is 2. The zero-order valence-electron chi connectivity index (χ0n) is 17.0. The summed E-state index contributed by atoms with van der Waals surface area (Å²) in [5, 5.41) is 10.6. The van der Waals surface area contributed by atoms with E-state index in [0.717, 1.165) is 10.5 Å². The lowest BCUT2D eigenvalue weighted by molar-refractivity contribution is -0.131. The van der Waals surface area contributed by atoms with Crippen LogP contribution in [0.4, 0.5) is 4.79 Å². The van der Waals surface area contributed by atoms with Crippen LogP contribution < -0.4 is 5.32 Å². The molecule has 8 nitrogen and oxygen atoms in total. The third-order valence-corrected chi connectivity index (χ3v) is 5.57. The van der Waals surface area contributed by atoms with Gasteiger partial charge < -0.3 is 14.2 Å². The molecule has 1 aliphatic rings. The summed E-state index contributed by atoms with van der Waals surface area (Å²) in [5.41, 5.74) is 0.685. The molecule has 30 heavy (non-hydrogen) atoms. The molecule has 1 atom stereocenters. The van der Waals surface area contributed by atoms with E-state index in [9.17, 15) is 9.59 Å². The number of carbonyl (C=O) groups is 2. The van der Waals surface area contributed by atoms with Gasteiger partial charge >= 0.3 is 6.03 Å². The Kier molecular flexibility index (Phi) is 4.80. The Labute approximate surface area is 181 Å². The molecule has 3 aromatic rings. The summed E-state index contributed by atoms with van der Waals surface area (Å²) >= 11 is 3.21. The van der Waals surface area contributed by atoms with Crippen LogP contribution in [0.25, 0.3) is 11.7 Å². The van der Waals surface area contributed by atoms with Crippen molar-refractivity contribution < 1.29 is 18.4 Å². The molecule has 0 bridgehead atoms. The minimum atomic E-state index is -1.16. The number of aromatic nitrogens is 2. The first-order valence-electron chi connectivity index (χ1n) is 9.41. The van der Waals surface area contributed by atoms with E-state index in [2.05, 4.69) is 52.2 Å². The first-order chi connectivity index (χ1) is 14.1. The van der Waals surface area contributed by atoms with Crippen molar-refractivity contribution in [3.05, 3.63) is 58.1 Å². The Balaban J connectivity index is 1.55. The normalized spacial score (nSPS) is 19.4. The average molecular weight is 473 g/mol. The average Bonchev–Trinajstić information content (AvgIpc) is 3.37. The highest BCUT2D eigenvalue weighted by molar-refractivity contribution is 9.10. The van der Waals surface area contributed by atoms with Crippen molar-refractivity contribution in [3.8, 4) is 11.7 Å². The Morgan fingerprint density at radius 1 is 1.07 bits per heavy atom. The van der Waals surface area contributed by atoms with Gasteiger partial charge in [-0.15, -0.1) is 10.2 Å². The third kappa shape index (κ3) is 3.54. The maximum atomic E-state index is 13.1. The van der Waals surface area contributed by atoms with Gasteiger partial charge in [0, 0.05) is 0 Å². The van der Waals surface area contributed by atoms with E-state index in [1.807, 2.05) is 24.3 Å². The lowest BCUT2D eigenvalue weighted by Gasteiger charge is -2.24. The standard InChI is InChI=1S/C21H21BrN4O4/c1-20(2,3)12-5-7-13(8-6-12)21(4)18(27)26(19(28)23-21)11-16-24-25-17(30-16)14-9-10-15(22)29-14/h5-10H,11H2,1-4H3,(H,23,28). The fourth-order valence-electron chi connectivity index (χ4n) is 3.32. The number of nitrogens with one attached hydrogen (secondary N) is 1. The largest absolute Gasteiger partial charge is 0.444 e. The molecule has 156 valence electrons. The van der Waals surface area contributed by atoms with Gasteiger partial charge in [0.15, 0.2) is 10.4 Å². The molecule has 1 unspecified atom stereocenters. The van der Waals surface area contributed by atoms with Gasteiger partial charge in [-0.2, -0.15) is 0 Å². The van der Waals surface area contributed by atoms with Gasteiger partial charge in [0.2, 0.25) is 5.89 Å². The molecule has 4 rings (SSSR count). The van der Waals surface area contributed by atoms with Crippen molar-refractivity contribution in [2.24, 2.45) is 0 Å². The third-order valence-electron chi connectivity index (χ3n) is 5.15. The van der Waals surface area contributed by atoms with Crippen molar-refractivity contribution in [1.29, 1.82) is 0 Å². The van der Waals surface area contributed by atoms with E-state index in [0.29, 0.717) is 16.0 Å². The van der Waals surface area contributed by atoms with Crippen LogP contribution in [0.2, 0.25) is 0 Å². The summed E-state index contributed by atoms with van der Waals surface area (Å²) in [6.07, 6.45) is 0. The molecule has 0 radical (unpaired) electrons. The molecule has 1 N–H and O–H groups in total.